The highest BCUT2D eigenvalue weighted by Gasteiger charge is 2.54. The Hall–Kier alpha value is -9.60. The molecule has 4 nitrogen and oxygen atoms in total. The maximum Gasteiger partial charge on any atom is 0.488 e. The summed E-state index contributed by atoms with van der Waals surface area (Å²) >= 11 is 7.73. The fraction of sp³-hybridized carbons (Fsp3) is 0.0250. The number of rotatable bonds is 3. The van der Waals surface area contributed by atoms with E-state index in [9.17, 15) is 0 Å². The first-order valence-corrected chi connectivity index (χ1v) is 30.9. The second-order valence-corrected chi connectivity index (χ2v) is 24.7. The first-order chi connectivity index (χ1) is 42.8. The Bertz CT molecular complexity index is 5210. The molecule has 19 rings (SSSR count). The number of fused-ring (bicyclic) bond motifs is 28. The van der Waals surface area contributed by atoms with Crippen molar-refractivity contribution in [3.8, 4) is 66.8 Å². The van der Waals surface area contributed by atoms with Gasteiger partial charge in [0.05, 0.1) is 10.8 Å². The van der Waals surface area contributed by atoms with E-state index in [1.54, 1.807) is 24.3 Å². The lowest BCUT2D eigenvalue weighted by atomic mass is 9.69. The van der Waals surface area contributed by atoms with Crippen LogP contribution in [0, 0.1) is 0 Å². The Morgan fingerprint density at radius 2 is 0.713 bits per heavy atom. The van der Waals surface area contributed by atoms with Crippen LogP contribution in [0.15, 0.2) is 303 Å². The van der Waals surface area contributed by atoms with E-state index in [2.05, 4.69) is 281 Å². The number of furan rings is 2. The quantitative estimate of drug-likeness (QED) is 0.173. The van der Waals surface area contributed by atoms with Gasteiger partial charge in [0, 0.05) is 41.6 Å². The number of hydrogen-bond donors (Lipinski definition) is 2. The zero-order valence-electron chi connectivity index (χ0n) is 46.7. The lowest BCUT2D eigenvalue weighted by Gasteiger charge is -2.31. The predicted octanol–water partition coefficient (Wildman–Crippen LogP) is 20.1. The van der Waals surface area contributed by atoms with Gasteiger partial charge in [0.15, 0.2) is 0 Å². The van der Waals surface area contributed by atoms with Crippen molar-refractivity contribution in [1.29, 1.82) is 0 Å². The summed E-state index contributed by atoms with van der Waals surface area (Å²) in [5.41, 5.74) is 28.9. The highest BCUT2D eigenvalue weighted by molar-refractivity contribution is 9.11. The van der Waals surface area contributed by atoms with E-state index in [1.165, 1.54) is 117 Å². The topological polar surface area (TPSA) is 66.7 Å². The molecule has 0 atom stereocenters. The number of hydrogen-bond acceptors (Lipinski definition) is 4. The van der Waals surface area contributed by atoms with Gasteiger partial charge in [-0.2, -0.15) is 0 Å². The molecule has 0 radical (unpaired) electrons. The van der Waals surface area contributed by atoms with E-state index >= 15 is 0 Å². The molecule has 2 spiro atoms. The minimum Gasteiger partial charge on any atom is -0.455 e. The molecule has 87 heavy (non-hydrogen) atoms. The lowest BCUT2D eigenvalue weighted by molar-refractivity contribution is 0.426. The third-order valence-corrected chi connectivity index (χ3v) is 19.7. The molecule has 15 aromatic rings. The Morgan fingerprint density at radius 1 is 0.299 bits per heavy atom. The molecule has 0 fully saturated rings. The summed E-state index contributed by atoms with van der Waals surface area (Å²) in [5, 5.41) is 21.8. The van der Waals surface area contributed by atoms with Crippen LogP contribution in [0.25, 0.3) is 111 Å². The van der Waals surface area contributed by atoms with Crippen LogP contribution in [0.5, 0.6) is 0 Å². The molecule has 0 unspecified atom stereocenters. The van der Waals surface area contributed by atoms with E-state index in [-0.39, 0.29) is 0 Å². The summed E-state index contributed by atoms with van der Waals surface area (Å²) in [7, 11) is -1.34. The predicted molar refractivity (Wildman–Crippen MR) is 363 cm³/mol. The van der Waals surface area contributed by atoms with Crippen LogP contribution in [-0.4, -0.2) is 17.2 Å². The van der Waals surface area contributed by atoms with Crippen LogP contribution in [0.3, 0.4) is 0 Å². The van der Waals surface area contributed by atoms with Crippen molar-refractivity contribution in [3.05, 3.63) is 339 Å². The normalized spacial score (nSPS) is 13.5. The van der Waals surface area contributed by atoms with Crippen LogP contribution in [0.1, 0.15) is 44.5 Å². The average molecular weight is 1240 g/mol. The van der Waals surface area contributed by atoms with Gasteiger partial charge in [-0.25, -0.2) is 0 Å². The van der Waals surface area contributed by atoms with Crippen molar-refractivity contribution in [2.45, 2.75) is 10.8 Å². The van der Waals surface area contributed by atoms with Crippen molar-refractivity contribution in [2.75, 3.05) is 0 Å². The minimum atomic E-state index is -1.34. The summed E-state index contributed by atoms with van der Waals surface area (Å²) < 4.78 is 15.7. The first kappa shape index (κ1) is 51.8. The van der Waals surface area contributed by atoms with Gasteiger partial charge in [-0.15, -0.1) is 0 Å². The second kappa shape index (κ2) is 20.0. The van der Waals surface area contributed by atoms with Crippen LogP contribution in [0.4, 0.5) is 0 Å². The van der Waals surface area contributed by atoms with E-state index in [1.807, 2.05) is 12.1 Å². The van der Waals surface area contributed by atoms with Crippen molar-refractivity contribution in [1.82, 2.24) is 0 Å². The van der Waals surface area contributed by atoms with Gasteiger partial charge in [0.2, 0.25) is 0 Å². The van der Waals surface area contributed by atoms with Gasteiger partial charge in [0.1, 0.15) is 22.3 Å². The molecule has 0 saturated carbocycles. The molecule has 0 amide bonds. The van der Waals surface area contributed by atoms with Crippen LogP contribution < -0.4 is 5.46 Å². The molecule has 0 aliphatic heterocycles. The lowest BCUT2D eigenvalue weighted by Crippen LogP contribution is -2.29. The molecule has 7 heteroatoms. The smallest absolute Gasteiger partial charge is 0.455 e. The zero-order valence-corrected chi connectivity index (χ0v) is 49.9. The number of halogens is 2. The van der Waals surface area contributed by atoms with Gasteiger partial charge in [-0.05, 0) is 148 Å². The van der Waals surface area contributed by atoms with E-state index in [0.717, 1.165) is 47.4 Å². The molecule has 0 bridgehead atoms. The molecule has 2 N–H and O–H groups in total. The Morgan fingerprint density at radius 3 is 1.23 bits per heavy atom. The average Bonchev–Trinajstić information content (AvgIpc) is 1.52. The van der Waals surface area contributed by atoms with E-state index in [4.69, 9.17) is 18.9 Å². The Balaban J connectivity index is 0.000000121. The second-order valence-electron chi connectivity index (χ2n) is 22.9. The van der Waals surface area contributed by atoms with Crippen LogP contribution in [0.2, 0.25) is 0 Å². The Labute approximate surface area is 519 Å². The molecule has 13 aromatic carbocycles. The minimum absolute atomic E-state index is 0.392. The zero-order chi connectivity index (χ0) is 58.1. The molecule has 410 valence electrons. The molecule has 0 saturated heterocycles. The van der Waals surface area contributed by atoms with Gasteiger partial charge < -0.3 is 18.9 Å². The molecule has 2 heterocycles. The van der Waals surface area contributed by atoms with E-state index < -0.39 is 17.9 Å². The van der Waals surface area contributed by atoms with Crippen LogP contribution in [-0.2, 0) is 10.8 Å². The van der Waals surface area contributed by atoms with E-state index in [0.29, 0.717) is 5.46 Å². The van der Waals surface area contributed by atoms with Gasteiger partial charge in [-0.3, -0.25) is 0 Å². The third kappa shape index (κ3) is 7.44. The van der Waals surface area contributed by atoms with Crippen molar-refractivity contribution >= 4 is 88.3 Å². The molecular weight excluding hydrogens is 1200 g/mol. The van der Waals surface area contributed by atoms with Gasteiger partial charge >= 0.3 is 7.12 Å². The highest BCUT2D eigenvalue weighted by atomic mass is 79.9. The monoisotopic (exact) mass is 1240 g/mol. The van der Waals surface area contributed by atoms with Crippen molar-refractivity contribution in [3.63, 3.8) is 0 Å². The molecule has 2 aromatic heterocycles. The fourth-order valence-corrected chi connectivity index (χ4v) is 16.2. The summed E-state index contributed by atoms with van der Waals surface area (Å²) in [6.07, 6.45) is 0. The summed E-state index contributed by atoms with van der Waals surface area (Å²) in [6, 6.07) is 101. The highest BCUT2D eigenvalue weighted by Crippen LogP contribution is 2.67. The third-order valence-electron chi connectivity index (χ3n) is 18.6. The number of para-hydroxylation sites is 2. The molecule has 4 aliphatic rings. The van der Waals surface area contributed by atoms with Crippen molar-refractivity contribution in [2.24, 2.45) is 0 Å². The largest absolute Gasteiger partial charge is 0.488 e. The van der Waals surface area contributed by atoms with Gasteiger partial charge in [0.25, 0.3) is 0 Å². The maximum absolute atomic E-state index is 8.58. The molecular formula is C80H49BBr2O4. The fourth-order valence-electron chi connectivity index (χ4n) is 15.2. The summed E-state index contributed by atoms with van der Waals surface area (Å²) in [4.78, 5) is 0. The standard InChI is InChI=1S/C43H26O.C31H16Br2O.C6H7BO2/c1-3-13-27(14-4-1)29-23-24-32-37(25-29)43(35-20-10-7-17-30(35)31-18-8-11-21-36(31)43)38-26-34(28-15-5-2-6-16-28)40-33-19-9-12-22-39(33)44-42(40)41(32)38;32-17-13-14-20-24(15-17)31(22-10-4-1-7-18(22)19-8-2-5-11-23(19)31)25-16-26(33)29-21-9-3-6-12-27(21)34-30(29)28(20)25;8-7(9)6-4-2-1-3-5-6/h1-26H;1-16H;1-5,8-9H. The first-order valence-electron chi connectivity index (χ1n) is 29.3. The maximum atomic E-state index is 8.58. The summed E-state index contributed by atoms with van der Waals surface area (Å²) in [6.45, 7) is 0. The SMILES string of the molecule is Brc1ccc2c(c1)C1(c3ccccc3-c3ccccc31)c1cc(Br)c3c(oc4ccccc43)c1-2.OB(O)c1ccccc1.c1ccc(-c2ccc3c(c2)C2(c4ccccc4-c4ccccc42)c2cc(-c4ccccc4)c4c(oc5ccccc54)c2-3)cc1. The van der Waals surface area contributed by atoms with Crippen molar-refractivity contribution < 1.29 is 18.9 Å². The van der Waals surface area contributed by atoms with Gasteiger partial charge in [-0.1, -0.05) is 275 Å². The molecule has 4 aliphatic carbocycles. The van der Waals surface area contributed by atoms with Crippen LogP contribution >= 0.6 is 31.9 Å². The number of benzene rings is 13. The Kier molecular flexibility index (Phi) is 11.9. The summed E-state index contributed by atoms with van der Waals surface area (Å²) in [5.74, 6) is 0.